The first-order valence-electron chi connectivity index (χ1n) is 5.43. The van der Waals surface area contributed by atoms with Crippen LogP contribution < -0.4 is 11.1 Å². The Labute approximate surface area is 111 Å². The lowest BCUT2D eigenvalue weighted by atomic mass is 10.1. The molecule has 0 radical (unpaired) electrons. The first-order chi connectivity index (χ1) is 8.58. The number of hydrogen-bond donors (Lipinski definition) is 2. The summed E-state index contributed by atoms with van der Waals surface area (Å²) < 4.78 is 10.1. The summed E-state index contributed by atoms with van der Waals surface area (Å²) in [5, 5.41) is 3.19. The average Bonchev–Trinajstić information content (AvgIpc) is 2.37. The number of anilines is 1. The summed E-state index contributed by atoms with van der Waals surface area (Å²) in [6.45, 7) is 0.747. The first kappa shape index (κ1) is 14.8. The van der Waals surface area contributed by atoms with E-state index < -0.39 is 0 Å². The topological polar surface area (TPSA) is 73.6 Å². The van der Waals surface area contributed by atoms with Crippen LogP contribution in [0.5, 0.6) is 0 Å². The number of nitrogen functional groups attached to an aromatic ring is 1. The fourth-order valence-electron chi connectivity index (χ4n) is 1.42. The molecule has 0 bridgehead atoms. The molecule has 1 aromatic rings. The second-order valence-electron chi connectivity index (χ2n) is 3.75. The van der Waals surface area contributed by atoms with Crippen LogP contribution in [0.3, 0.4) is 0 Å². The third-order valence-corrected chi connectivity index (χ3v) is 2.67. The van der Waals surface area contributed by atoms with Crippen molar-refractivity contribution >= 4 is 23.2 Å². The van der Waals surface area contributed by atoms with Crippen LogP contribution in [0.25, 0.3) is 0 Å². The zero-order chi connectivity index (χ0) is 13.5. The molecule has 1 rings (SSSR count). The predicted molar refractivity (Wildman–Crippen MR) is 70.9 cm³/mol. The summed E-state index contributed by atoms with van der Waals surface area (Å²) in [6.07, 6.45) is -0.195. The number of nitrogens with two attached hydrogens (primary N) is 1. The van der Waals surface area contributed by atoms with Crippen LogP contribution in [0.4, 0.5) is 5.69 Å². The Morgan fingerprint density at radius 2 is 2.22 bits per heavy atom. The van der Waals surface area contributed by atoms with E-state index in [0.29, 0.717) is 29.4 Å². The quantitative estimate of drug-likeness (QED) is 0.766. The monoisotopic (exact) mass is 272 g/mol. The second kappa shape index (κ2) is 7.20. The molecule has 0 spiro atoms. The molecule has 18 heavy (non-hydrogen) atoms. The van der Waals surface area contributed by atoms with Gasteiger partial charge in [0, 0.05) is 31.5 Å². The third kappa shape index (κ3) is 4.18. The van der Waals surface area contributed by atoms with Crippen molar-refractivity contribution in [2.45, 2.75) is 6.10 Å². The highest BCUT2D eigenvalue weighted by molar-refractivity contribution is 6.31. The van der Waals surface area contributed by atoms with Crippen LogP contribution in [0.15, 0.2) is 18.2 Å². The highest BCUT2D eigenvalue weighted by Crippen LogP contribution is 2.17. The summed E-state index contributed by atoms with van der Waals surface area (Å²) in [5.41, 5.74) is 6.46. The Kier molecular flexibility index (Phi) is 5.91. The number of ether oxygens (including phenoxy) is 2. The van der Waals surface area contributed by atoms with E-state index >= 15 is 0 Å². The fourth-order valence-corrected chi connectivity index (χ4v) is 1.60. The summed E-state index contributed by atoms with van der Waals surface area (Å²) in [6, 6.07) is 4.76. The number of methoxy groups -OCH3 is 2. The van der Waals surface area contributed by atoms with Crippen molar-refractivity contribution in [3.63, 3.8) is 0 Å². The smallest absolute Gasteiger partial charge is 0.253 e. The van der Waals surface area contributed by atoms with E-state index in [9.17, 15) is 4.79 Å². The van der Waals surface area contributed by atoms with Gasteiger partial charge in [-0.3, -0.25) is 4.79 Å². The second-order valence-corrected chi connectivity index (χ2v) is 4.19. The van der Waals surface area contributed by atoms with E-state index in [1.54, 1.807) is 26.4 Å². The van der Waals surface area contributed by atoms with E-state index in [1.807, 2.05) is 0 Å². The Balaban J connectivity index is 2.62. The molecule has 5 nitrogen and oxygen atoms in total. The molecule has 0 aliphatic rings. The molecule has 0 saturated carbocycles. The highest BCUT2D eigenvalue weighted by Gasteiger charge is 2.13. The van der Waals surface area contributed by atoms with Gasteiger partial charge in [-0.05, 0) is 18.2 Å². The SMILES string of the molecule is COCC(CNC(=O)c1cc(Cl)ccc1N)OC. The van der Waals surface area contributed by atoms with Gasteiger partial charge in [0.25, 0.3) is 5.91 Å². The molecule has 1 aromatic carbocycles. The molecule has 0 aliphatic heterocycles. The normalized spacial score (nSPS) is 12.2. The van der Waals surface area contributed by atoms with E-state index in [1.165, 1.54) is 6.07 Å². The van der Waals surface area contributed by atoms with Gasteiger partial charge < -0.3 is 20.5 Å². The predicted octanol–water partition coefficient (Wildman–Crippen LogP) is 1.31. The van der Waals surface area contributed by atoms with Crippen molar-refractivity contribution in [2.75, 3.05) is 33.1 Å². The standard InChI is InChI=1S/C12H17ClN2O3/c1-17-7-9(18-2)6-15-12(16)10-5-8(13)3-4-11(10)14/h3-5,9H,6-7,14H2,1-2H3,(H,15,16). The molecule has 0 heterocycles. The Morgan fingerprint density at radius 3 is 2.83 bits per heavy atom. The van der Waals surface area contributed by atoms with E-state index in [4.69, 9.17) is 26.8 Å². The van der Waals surface area contributed by atoms with Gasteiger partial charge in [0.15, 0.2) is 0 Å². The van der Waals surface area contributed by atoms with Crippen molar-refractivity contribution in [3.8, 4) is 0 Å². The fraction of sp³-hybridized carbons (Fsp3) is 0.417. The lowest BCUT2D eigenvalue weighted by Crippen LogP contribution is -2.35. The van der Waals surface area contributed by atoms with Crippen LogP contribution in [-0.4, -0.2) is 39.4 Å². The van der Waals surface area contributed by atoms with E-state index in [0.717, 1.165) is 0 Å². The molecule has 0 fully saturated rings. The van der Waals surface area contributed by atoms with E-state index in [-0.39, 0.29) is 12.0 Å². The van der Waals surface area contributed by atoms with Gasteiger partial charge in [-0.25, -0.2) is 0 Å². The zero-order valence-corrected chi connectivity index (χ0v) is 11.2. The molecular weight excluding hydrogens is 256 g/mol. The molecular formula is C12H17ClN2O3. The average molecular weight is 273 g/mol. The van der Waals surface area contributed by atoms with Crippen LogP contribution in [0.2, 0.25) is 5.02 Å². The first-order valence-corrected chi connectivity index (χ1v) is 5.81. The minimum Gasteiger partial charge on any atom is -0.398 e. The molecule has 0 aliphatic carbocycles. The van der Waals surface area contributed by atoms with Gasteiger partial charge in [-0.1, -0.05) is 11.6 Å². The highest BCUT2D eigenvalue weighted by atomic mass is 35.5. The molecule has 100 valence electrons. The number of rotatable bonds is 6. The van der Waals surface area contributed by atoms with Gasteiger partial charge in [-0.2, -0.15) is 0 Å². The largest absolute Gasteiger partial charge is 0.398 e. The maximum Gasteiger partial charge on any atom is 0.253 e. The van der Waals surface area contributed by atoms with Gasteiger partial charge in [0.05, 0.1) is 18.3 Å². The maximum absolute atomic E-state index is 11.9. The van der Waals surface area contributed by atoms with Gasteiger partial charge in [0.2, 0.25) is 0 Å². The van der Waals surface area contributed by atoms with Gasteiger partial charge in [-0.15, -0.1) is 0 Å². The van der Waals surface area contributed by atoms with E-state index in [2.05, 4.69) is 5.32 Å². The number of benzene rings is 1. The molecule has 6 heteroatoms. The van der Waals surface area contributed by atoms with Crippen LogP contribution in [-0.2, 0) is 9.47 Å². The molecule has 0 saturated heterocycles. The number of carbonyl (C=O) groups is 1. The molecule has 1 amide bonds. The number of halogens is 1. The zero-order valence-electron chi connectivity index (χ0n) is 10.4. The molecule has 1 atom stereocenters. The van der Waals surface area contributed by atoms with Gasteiger partial charge >= 0.3 is 0 Å². The Hall–Kier alpha value is -1.30. The minimum absolute atomic E-state index is 0.195. The molecule has 0 aromatic heterocycles. The third-order valence-electron chi connectivity index (χ3n) is 2.44. The molecule has 1 unspecified atom stereocenters. The van der Waals surface area contributed by atoms with Crippen molar-refractivity contribution in [1.82, 2.24) is 5.32 Å². The Morgan fingerprint density at radius 1 is 1.50 bits per heavy atom. The van der Waals surface area contributed by atoms with Crippen LogP contribution >= 0.6 is 11.6 Å². The summed E-state index contributed by atoms with van der Waals surface area (Å²) in [7, 11) is 3.13. The number of hydrogen-bond acceptors (Lipinski definition) is 4. The summed E-state index contributed by atoms with van der Waals surface area (Å²) in [4.78, 5) is 11.9. The lowest BCUT2D eigenvalue weighted by Gasteiger charge is -2.15. The van der Waals surface area contributed by atoms with Crippen molar-refractivity contribution in [2.24, 2.45) is 0 Å². The maximum atomic E-state index is 11.9. The number of nitrogens with one attached hydrogen (secondary N) is 1. The van der Waals surface area contributed by atoms with Crippen LogP contribution in [0, 0.1) is 0 Å². The summed E-state index contributed by atoms with van der Waals surface area (Å²) >= 11 is 5.82. The van der Waals surface area contributed by atoms with Crippen molar-refractivity contribution in [1.29, 1.82) is 0 Å². The Bertz CT molecular complexity index is 412. The molecule has 3 N–H and O–H groups in total. The summed E-state index contributed by atoms with van der Waals surface area (Å²) in [5.74, 6) is -0.284. The minimum atomic E-state index is -0.284. The van der Waals surface area contributed by atoms with Gasteiger partial charge in [0.1, 0.15) is 0 Å². The van der Waals surface area contributed by atoms with Crippen molar-refractivity contribution in [3.05, 3.63) is 28.8 Å². The lowest BCUT2D eigenvalue weighted by molar-refractivity contribution is 0.0285. The number of amides is 1. The van der Waals surface area contributed by atoms with Crippen molar-refractivity contribution < 1.29 is 14.3 Å². The van der Waals surface area contributed by atoms with Crippen LogP contribution in [0.1, 0.15) is 10.4 Å². The number of carbonyl (C=O) groups excluding carboxylic acids is 1.